The van der Waals surface area contributed by atoms with Crippen LogP contribution in [0.3, 0.4) is 0 Å². The van der Waals surface area contributed by atoms with E-state index in [2.05, 4.69) is 209 Å². The Balaban J connectivity index is 1.37. The van der Waals surface area contributed by atoms with Gasteiger partial charge in [-0.3, -0.25) is 0 Å². The molecule has 0 aromatic heterocycles. The van der Waals surface area contributed by atoms with E-state index in [1.165, 1.54) is 33.4 Å². The molecule has 0 heterocycles. The number of hydrogen-bond acceptors (Lipinski definition) is 0. The van der Waals surface area contributed by atoms with Crippen molar-refractivity contribution >= 4 is 0 Å². The summed E-state index contributed by atoms with van der Waals surface area (Å²) in [5, 5.41) is 0. The average molecular weight is 721 g/mol. The minimum Gasteiger partial charge on any atom is -0.0653 e. The zero-order valence-corrected chi connectivity index (χ0v) is 33.1. The van der Waals surface area contributed by atoms with E-state index in [-0.39, 0.29) is 21.7 Å². The second kappa shape index (κ2) is 13.9. The normalized spacial score (nSPS) is 22.9. The summed E-state index contributed by atoms with van der Waals surface area (Å²) in [6.45, 7) is 9.85. The van der Waals surface area contributed by atoms with E-state index >= 15 is 0 Å². The third-order valence-electron chi connectivity index (χ3n) is 13.6. The lowest BCUT2D eigenvalue weighted by Gasteiger charge is -2.53. The Kier molecular flexibility index (Phi) is 8.88. The van der Waals surface area contributed by atoms with Crippen LogP contribution in [0.2, 0.25) is 0 Å². The first-order valence-corrected chi connectivity index (χ1v) is 20.6. The first-order chi connectivity index (χ1) is 27.5. The molecule has 272 valence electrons. The average Bonchev–Trinajstić information content (AvgIpc) is 3.64. The Labute approximate surface area is 334 Å². The van der Waals surface area contributed by atoms with Crippen molar-refractivity contribution in [3.05, 3.63) is 212 Å². The van der Waals surface area contributed by atoms with Gasteiger partial charge in [0.1, 0.15) is 0 Å². The molecule has 3 aliphatic rings. The molecule has 9 rings (SSSR count). The highest BCUT2D eigenvalue weighted by atomic mass is 14.8. The van der Waals surface area contributed by atoms with E-state index in [9.17, 15) is 0 Å². The topological polar surface area (TPSA) is 0 Å². The fraction of sp³-hybridized carbons (Fsp3) is 0.250. The molecule has 3 aliphatic carbocycles. The van der Waals surface area contributed by atoms with Gasteiger partial charge in [0.2, 0.25) is 0 Å². The quantitative estimate of drug-likeness (QED) is 0.150. The van der Waals surface area contributed by atoms with Crippen molar-refractivity contribution in [1.29, 1.82) is 0 Å². The van der Waals surface area contributed by atoms with Crippen molar-refractivity contribution in [1.82, 2.24) is 0 Å². The molecule has 56 heavy (non-hydrogen) atoms. The van der Waals surface area contributed by atoms with Gasteiger partial charge in [0.15, 0.2) is 0 Å². The number of hydrogen-bond donors (Lipinski definition) is 0. The van der Waals surface area contributed by atoms with Gasteiger partial charge >= 0.3 is 0 Å². The molecular weight excluding hydrogens is 673 g/mol. The Morgan fingerprint density at radius 1 is 0.321 bits per heavy atom. The van der Waals surface area contributed by atoms with E-state index in [4.69, 9.17) is 0 Å². The van der Waals surface area contributed by atoms with Gasteiger partial charge in [-0.05, 0) is 125 Å². The third kappa shape index (κ3) is 4.91. The first-order valence-electron chi connectivity index (χ1n) is 20.6. The monoisotopic (exact) mass is 720 g/mol. The summed E-state index contributed by atoms with van der Waals surface area (Å²) in [7, 11) is 0. The molecule has 0 nitrogen and oxygen atoms in total. The Bertz CT molecular complexity index is 2350. The summed E-state index contributed by atoms with van der Waals surface area (Å²) in [5.74, 6) is 21.3. The standard InChI is InChI=1S/C56H48/c1-5-35-54-47-32-29-45(27-24-42-19-13-9-14-20-42)39-51(47)56(37-7-3)49-34-31-46(28-25-43-21-15-10-16-22-43)40-52(49)55(36-6-2,53(54,56)4)48-33-30-44(38-50(48)54)26-23-41-17-11-8-12-18-41/h8-22,29-34,38-40H,5-7,35-37H2,1-4H3/t53?,54-,55-,56-/m1/s1. The third-order valence-corrected chi connectivity index (χ3v) is 13.6. The van der Waals surface area contributed by atoms with Crippen molar-refractivity contribution in [3.8, 4) is 35.5 Å². The maximum absolute atomic E-state index is 3.61. The molecule has 0 radical (unpaired) electrons. The van der Waals surface area contributed by atoms with E-state index < -0.39 is 0 Å². The molecule has 0 fully saturated rings. The maximum Gasteiger partial charge on any atom is 0.0286 e. The SMILES string of the molecule is CCC[C@@]12c3ccc(C#Cc4ccccc4)cc3[C@@]3(CCC)c4ccc(C#Cc5ccccc5)cc4[C@@](CCC)(c4ccc(C#Cc5ccccc5)cc41)C23C. The van der Waals surface area contributed by atoms with Crippen LogP contribution >= 0.6 is 0 Å². The van der Waals surface area contributed by atoms with Gasteiger partial charge in [-0.25, -0.2) is 0 Å². The van der Waals surface area contributed by atoms with Crippen LogP contribution in [-0.4, -0.2) is 0 Å². The maximum atomic E-state index is 3.61. The molecule has 6 aromatic rings. The Morgan fingerprint density at radius 3 is 0.857 bits per heavy atom. The van der Waals surface area contributed by atoms with Crippen LogP contribution in [0, 0.1) is 40.9 Å². The molecular formula is C56H48. The number of rotatable bonds is 6. The molecule has 0 bridgehead atoms. The Hall–Kier alpha value is -6.00. The van der Waals surface area contributed by atoms with E-state index in [1.54, 1.807) is 0 Å². The highest BCUT2D eigenvalue weighted by molar-refractivity contribution is 5.79. The van der Waals surface area contributed by atoms with Crippen LogP contribution in [0.5, 0.6) is 0 Å². The van der Waals surface area contributed by atoms with Crippen LogP contribution in [0.25, 0.3) is 0 Å². The molecule has 6 aromatic carbocycles. The van der Waals surface area contributed by atoms with E-state index in [0.29, 0.717) is 0 Å². The summed E-state index contributed by atoms with van der Waals surface area (Å²) in [5.41, 5.74) is 14.4. The molecule has 0 spiro atoms. The number of fused-ring (bicyclic) bond motifs is 9. The summed E-state index contributed by atoms with van der Waals surface area (Å²) in [4.78, 5) is 0. The zero-order chi connectivity index (χ0) is 38.4. The molecule has 0 saturated carbocycles. The van der Waals surface area contributed by atoms with Gasteiger partial charge in [-0.15, -0.1) is 0 Å². The second-order valence-corrected chi connectivity index (χ2v) is 16.2. The molecule has 0 N–H and O–H groups in total. The number of benzene rings is 6. The molecule has 0 aliphatic heterocycles. The molecule has 3 atom stereocenters. The van der Waals surface area contributed by atoms with Crippen molar-refractivity contribution in [2.45, 2.75) is 82.5 Å². The van der Waals surface area contributed by atoms with Crippen LogP contribution in [-0.2, 0) is 16.2 Å². The predicted molar refractivity (Wildman–Crippen MR) is 232 cm³/mol. The molecule has 0 heteroatoms. The van der Waals surface area contributed by atoms with E-state index in [1.807, 2.05) is 0 Å². The lowest BCUT2D eigenvalue weighted by Crippen LogP contribution is -2.54. The molecule has 0 saturated heterocycles. The lowest BCUT2D eigenvalue weighted by molar-refractivity contribution is 0.0540. The van der Waals surface area contributed by atoms with Crippen molar-refractivity contribution in [3.63, 3.8) is 0 Å². The fourth-order valence-corrected chi connectivity index (χ4v) is 11.9. The summed E-state index contributed by atoms with van der Waals surface area (Å²) in [6, 6.07) is 53.0. The summed E-state index contributed by atoms with van der Waals surface area (Å²) >= 11 is 0. The van der Waals surface area contributed by atoms with Gasteiger partial charge < -0.3 is 0 Å². The van der Waals surface area contributed by atoms with Crippen molar-refractivity contribution in [2.75, 3.05) is 0 Å². The largest absolute Gasteiger partial charge is 0.0653 e. The van der Waals surface area contributed by atoms with Crippen LogP contribution in [0.4, 0.5) is 0 Å². The minimum absolute atomic E-state index is 0.176. The lowest BCUT2D eigenvalue weighted by atomic mass is 9.48. The Morgan fingerprint density at radius 2 is 0.589 bits per heavy atom. The highest BCUT2D eigenvalue weighted by Gasteiger charge is 2.82. The van der Waals surface area contributed by atoms with Gasteiger partial charge in [0.25, 0.3) is 0 Å². The molecule has 0 amide bonds. The summed E-state index contributed by atoms with van der Waals surface area (Å²) < 4.78 is 0. The van der Waals surface area contributed by atoms with Gasteiger partial charge in [-0.1, -0.05) is 155 Å². The minimum atomic E-state index is -0.221. The van der Waals surface area contributed by atoms with Gasteiger partial charge in [-0.2, -0.15) is 0 Å². The smallest absolute Gasteiger partial charge is 0.0286 e. The second-order valence-electron chi connectivity index (χ2n) is 16.2. The van der Waals surface area contributed by atoms with Crippen LogP contribution in [0.15, 0.2) is 146 Å². The fourth-order valence-electron chi connectivity index (χ4n) is 11.9. The zero-order valence-electron chi connectivity index (χ0n) is 33.1. The van der Waals surface area contributed by atoms with Gasteiger partial charge in [0, 0.05) is 55.0 Å². The van der Waals surface area contributed by atoms with E-state index in [0.717, 1.165) is 71.9 Å². The molecule has 0 unspecified atom stereocenters. The van der Waals surface area contributed by atoms with Gasteiger partial charge in [0.05, 0.1) is 0 Å². The van der Waals surface area contributed by atoms with Crippen molar-refractivity contribution in [2.24, 2.45) is 5.41 Å². The predicted octanol–water partition coefficient (Wildman–Crippen LogP) is 12.5. The van der Waals surface area contributed by atoms with Crippen LogP contribution in [0.1, 0.15) is 133 Å². The highest BCUT2D eigenvalue weighted by Crippen LogP contribution is 2.85. The first kappa shape index (κ1) is 35.7. The van der Waals surface area contributed by atoms with Crippen molar-refractivity contribution < 1.29 is 0 Å². The van der Waals surface area contributed by atoms with Crippen LogP contribution < -0.4 is 0 Å². The summed E-state index contributed by atoms with van der Waals surface area (Å²) in [6.07, 6.45) is 6.45.